The second kappa shape index (κ2) is 5.93. The monoisotopic (exact) mass is 282 g/mol. The lowest BCUT2D eigenvalue weighted by molar-refractivity contribution is 0.248. The van der Waals surface area contributed by atoms with E-state index in [1.54, 1.807) is 0 Å². The van der Waals surface area contributed by atoms with E-state index < -0.39 is 0 Å². The maximum Gasteiger partial charge on any atom is 0.329 e. The summed E-state index contributed by atoms with van der Waals surface area (Å²) in [5.41, 5.74) is 8.10. The van der Waals surface area contributed by atoms with Gasteiger partial charge in [0, 0.05) is 6.04 Å². The molecule has 1 aliphatic carbocycles. The average Bonchev–Trinajstić information content (AvgIpc) is 3.06. The summed E-state index contributed by atoms with van der Waals surface area (Å²) in [5.74, 6) is -0.259. The summed E-state index contributed by atoms with van der Waals surface area (Å²) in [7, 11) is 0. The summed E-state index contributed by atoms with van der Waals surface area (Å²) in [6.07, 6.45) is 2.01. The molecule has 0 aliphatic heterocycles. The van der Waals surface area contributed by atoms with Crippen LogP contribution in [0.15, 0.2) is 18.2 Å². The van der Waals surface area contributed by atoms with Gasteiger partial charge in [0.2, 0.25) is 5.96 Å². The quantitative estimate of drug-likeness (QED) is 0.574. The first-order chi connectivity index (χ1) is 8.50. The van der Waals surface area contributed by atoms with Crippen LogP contribution in [0.5, 0.6) is 0 Å². The largest absolute Gasteiger partial charge is 0.369 e. The van der Waals surface area contributed by atoms with Gasteiger partial charge in [-0.15, -0.1) is 12.4 Å². The van der Waals surface area contributed by atoms with Crippen LogP contribution >= 0.6 is 12.4 Å². The molecule has 1 fully saturated rings. The molecule has 6 heteroatoms. The summed E-state index contributed by atoms with van der Waals surface area (Å²) in [4.78, 5) is 13.4. The zero-order valence-corrected chi connectivity index (χ0v) is 11.9. The highest BCUT2D eigenvalue weighted by atomic mass is 35.5. The number of amides is 2. The van der Waals surface area contributed by atoms with Crippen LogP contribution < -0.4 is 16.0 Å². The molecule has 0 radical (unpaired) electrons. The van der Waals surface area contributed by atoms with Crippen LogP contribution in [-0.4, -0.2) is 18.0 Å². The average molecular weight is 283 g/mol. The van der Waals surface area contributed by atoms with Crippen LogP contribution in [0.2, 0.25) is 0 Å². The van der Waals surface area contributed by atoms with Gasteiger partial charge >= 0.3 is 6.03 Å². The van der Waals surface area contributed by atoms with Gasteiger partial charge < -0.3 is 11.1 Å². The van der Waals surface area contributed by atoms with E-state index in [0.717, 1.165) is 24.0 Å². The number of hydrogen-bond acceptors (Lipinski definition) is 2. The molecule has 0 unspecified atom stereocenters. The fourth-order valence-electron chi connectivity index (χ4n) is 1.96. The van der Waals surface area contributed by atoms with Crippen molar-refractivity contribution in [2.45, 2.75) is 32.7 Å². The molecule has 4 N–H and O–H groups in total. The maximum atomic E-state index is 12.1. The molecular weight excluding hydrogens is 264 g/mol. The van der Waals surface area contributed by atoms with Gasteiger partial charge in [0.25, 0.3) is 0 Å². The lowest BCUT2D eigenvalue weighted by Gasteiger charge is -2.24. The molecule has 0 bridgehead atoms. The highest BCUT2D eigenvalue weighted by Crippen LogP contribution is 2.26. The van der Waals surface area contributed by atoms with Crippen molar-refractivity contribution in [3.63, 3.8) is 0 Å². The van der Waals surface area contributed by atoms with Crippen LogP contribution in [0.3, 0.4) is 0 Å². The van der Waals surface area contributed by atoms with Crippen LogP contribution in [0.25, 0.3) is 0 Å². The van der Waals surface area contributed by atoms with Crippen molar-refractivity contribution in [1.29, 1.82) is 5.41 Å². The van der Waals surface area contributed by atoms with Gasteiger partial charge in [-0.1, -0.05) is 18.2 Å². The third-order valence-corrected chi connectivity index (χ3v) is 3.01. The molecule has 1 aliphatic rings. The van der Waals surface area contributed by atoms with E-state index in [0.29, 0.717) is 5.69 Å². The number of carbonyl (C=O) groups is 1. The van der Waals surface area contributed by atoms with Crippen LogP contribution in [0.1, 0.15) is 24.0 Å². The number of halogens is 1. The van der Waals surface area contributed by atoms with Crippen molar-refractivity contribution in [2.24, 2.45) is 5.73 Å². The third kappa shape index (κ3) is 3.38. The fourth-order valence-corrected chi connectivity index (χ4v) is 1.96. The highest BCUT2D eigenvalue weighted by Gasteiger charge is 2.28. The van der Waals surface area contributed by atoms with Gasteiger partial charge in [0.05, 0.1) is 5.69 Å². The molecule has 1 saturated carbocycles. The molecule has 0 heterocycles. The zero-order valence-electron chi connectivity index (χ0n) is 11.1. The normalized spacial score (nSPS) is 13.4. The van der Waals surface area contributed by atoms with E-state index in [2.05, 4.69) is 5.32 Å². The second-order valence-corrected chi connectivity index (χ2v) is 4.68. The Morgan fingerprint density at radius 2 is 1.89 bits per heavy atom. The first-order valence-corrected chi connectivity index (χ1v) is 6.01. The van der Waals surface area contributed by atoms with Crippen LogP contribution in [0, 0.1) is 19.3 Å². The predicted molar refractivity (Wildman–Crippen MR) is 79.1 cm³/mol. The van der Waals surface area contributed by atoms with Gasteiger partial charge in [0.1, 0.15) is 0 Å². The summed E-state index contributed by atoms with van der Waals surface area (Å²) in [6, 6.07) is 5.66. The number of benzene rings is 1. The first-order valence-electron chi connectivity index (χ1n) is 6.01. The number of nitrogens with two attached hydrogens (primary N) is 1. The van der Waals surface area contributed by atoms with Gasteiger partial charge in [-0.3, -0.25) is 5.41 Å². The van der Waals surface area contributed by atoms with Crippen molar-refractivity contribution < 1.29 is 4.79 Å². The molecule has 19 heavy (non-hydrogen) atoms. The molecule has 2 amide bonds. The Labute approximate surface area is 119 Å². The Bertz CT molecular complexity index is 479. The van der Waals surface area contributed by atoms with Gasteiger partial charge in [-0.25, -0.2) is 9.69 Å². The van der Waals surface area contributed by atoms with E-state index in [-0.39, 0.29) is 30.4 Å². The van der Waals surface area contributed by atoms with Gasteiger partial charge in [-0.05, 0) is 37.8 Å². The minimum Gasteiger partial charge on any atom is -0.369 e. The van der Waals surface area contributed by atoms with Crippen molar-refractivity contribution in [3.05, 3.63) is 29.3 Å². The first kappa shape index (κ1) is 15.3. The number of carbonyl (C=O) groups excluding carboxylic acids is 1. The number of urea groups is 1. The predicted octanol–water partition coefficient (Wildman–Crippen LogP) is 2.30. The zero-order chi connectivity index (χ0) is 13.3. The van der Waals surface area contributed by atoms with E-state index in [9.17, 15) is 4.79 Å². The van der Waals surface area contributed by atoms with Crippen molar-refractivity contribution >= 4 is 30.1 Å². The van der Waals surface area contributed by atoms with Gasteiger partial charge in [0.15, 0.2) is 0 Å². The minimum absolute atomic E-state index is 0. The Morgan fingerprint density at radius 3 is 2.32 bits per heavy atom. The van der Waals surface area contributed by atoms with Crippen molar-refractivity contribution in [3.8, 4) is 0 Å². The smallest absolute Gasteiger partial charge is 0.329 e. The van der Waals surface area contributed by atoms with Crippen molar-refractivity contribution in [1.82, 2.24) is 5.32 Å². The number of nitrogens with zero attached hydrogens (tertiary/aromatic N) is 1. The van der Waals surface area contributed by atoms with Gasteiger partial charge in [-0.2, -0.15) is 0 Å². The Hall–Kier alpha value is -1.75. The highest BCUT2D eigenvalue weighted by molar-refractivity contribution is 6.14. The topological polar surface area (TPSA) is 82.2 Å². The number of nitrogens with one attached hydrogen (secondary N) is 2. The van der Waals surface area contributed by atoms with E-state index >= 15 is 0 Å². The van der Waals surface area contributed by atoms with Crippen molar-refractivity contribution in [2.75, 3.05) is 4.90 Å². The number of guanidine groups is 1. The van der Waals surface area contributed by atoms with Crippen LogP contribution in [0.4, 0.5) is 10.5 Å². The third-order valence-electron chi connectivity index (χ3n) is 3.01. The lowest BCUT2D eigenvalue weighted by atomic mass is 10.1. The number of para-hydroxylation sites is 1. The summed E-state index contributed by atoms with van der Waals surface area (Å²) in [6.45, 7) is 3.81. The number of rotatable bonds is 2. The SMILES string of the molecule is Cc1cccc(C)c1N(C(=N)N)C(=O)NC1CC1.Cl. The summed E-state index contributed by atoms with van der Waals surface area (Å²) < 4.78 is 0. The molecule has 104 valence electrons. The molecule has 0 aromatic heterocycles. The fraction of sp³-hybridized carbons (Fsp3) is 0.385. The molecular formula is C13H19ClN4O. The Kier molecular flexibility index (Phi) is 4.78. The molecule has 0 spiro atoms. The summed E-state index contributed by atoms with van der Waals surface area (Å²) >= 11 is 0. The van der Waals surface area contributed by atoms with E-state index in [1.807, 2.05) is 32.0 Å². The van der Waals surface area contributed by atoms with E-state index in [4.69, 9.17) is 11.1 Å². The molecule has 0 atom stereocenters. The van der Waals surface area contributed by atoms with E-state index in [1.165, 1.54) is 4.90 Å². The lowest BCUT2D eigenvalue weighted by Crippen LogP contribution is -2.48. The Morgan fingerprint density at radius 1 is 1.37 bits per heavy atom. The molecule has 1 aromatic rings. The minimum atomic E-state index is -0.317. The number of anilines is 1. The Balaban J connectivity index is 0.00000180. The molecule has 2 rings (SSSR count). The molecule has 5 nitrogen and oxygen atoms in total. The second-order valence-electron chi connectivity index (χ2n) is 4.68. The number of aryl methyl sites for hydroxylation is 2. The number of hydrogen-bond donors (Lipinski definition) is 3. The maximum absolute atomic E-state index is 12.1. The standard InChI is InChI=1S/C13H18N4O.ClH/c1-8-4-3-5-9(2)11(8)17(12(14)15)13(18)16-10-6-7-10;/h3-5,10H,6-7H2,1-2H3,(H3,14,15)(H,16,18);1H. The summed E-state index contributed by atoms with van der Waals surface area (Å²) in [5, 5.41) is 10.5. The molecule has 0 saturated heterocycles. The van der Waals surface area contributed by atoms with Crippen LogP contribution in [-0.2, 0) is 0 Å². The molecule has 1 aromatic carbocycles.